The molecule has 0 aliphatic carbocycles. The fourth-order valence-electron chi connectivity index (χ4n) is 8.08. The monoisotopic (exact) mass is 1080 g/mol. The number of amides is 2. The summed E-state index contributed by atoms with van der Waals surface area (Å²) in [5.41, 5.74) is 7.31. The summed E-state index contributed by atoms with van der Waals surface area (Å²) in [4.78, 5) is 50.2. The van der Waals surface area contributed by atoms with Crippen molar-refractivity contribution < 1.29 is 19.1 Å². The number of pyridine rings is 4. The Morgan fingerprint density at radius 2 is 1.00 bits per heavy atom. The number of hydrogen-bond donors (Lipinski definition) is 1. The summed E-state index contributed by atoms with van der Waals surface area (Å²) in [5.74, 6) is 1.31. The molecule has 10 rings (SSSR count). The Balaban J connectivity index is 0.000000161. The minimum Gasteiger partial charge on any atom is -0.495 e. The second kappa shape index (κ2) is 25.1. The van der Waals surface area contributed by atoms with Gasteiger partial charge in [0.15, 0.2) is 0 Å². The molecule has 0 spiro atoms. The van der Waals surface area contributed by atoms with E-state index < -0.39 is 0 Å². The number of rotatable bonds is 11. The number of ether oxygens (including phenoxy) is 2. The number of carbonyl (C=O) groups is 2. The number of aromatic amines is 1. The number of anilines is 2. The molecule has 2 aliphatic rings. The van der Waals surface area contributed by atoms with Gasteiger partial charge in [0.1, 0.15) is 46.7 Å². The van der Waals surface area contributed by atoms with Crippen LogP contribution < -0.4 is 19.3 Å². The molecule has 2 aliphatic heterocycles. The van der Waals surface area contributed by atoms with Gasteiger partial charge in [-0.3, -0.25) is 39.3 Å². The lowest BCUT2D eigenvalue weighted by atomic mass is 10.2. The normalized spacial score (nSPS) is 13.4. The lowest BCUT2D eigenvalue weighted by Gasteiger charge is -2.36. The molecule has 8 aromatic rings. The van der Waals surface area contributed by atoms with E-state index in [2.05, 4.69) is 45.0 Å². The SMILES string of the molecule is COc1cc(N2CCN(C(=O)CCl)CC2)ccc1Cl.COc1cc(N2CCN(C(=O)Cn3nc(-c4ccccn4)c(Cl)c3-c3ccccn3)CC2)ccc1Cl.Clc1c(-c2ccccn2)n[nH]c1-c1ccccn1. The minimum absolute atomic E-state index is 0.00463. The van der Waals surface area contributed by atoms with Crippen molar-refractivity contribution in [3.63, 3.8) is 0 Å². The van der Waals surface area contributed by atoms with Gasteiger partial charge >= 0.3 is 0 Å². The van der Waals surface area contributed by atoms with Gasteiger partial charge in [0.25, 0.3) is 0 Å². The molecule has 73 heavy (non-hydrogen) atoms. The van der Waals surface area contributed by atoms with Crippen molar-refractivity contribution in [3.8, 4) is 57.1 Å². The molecule has 0 bridgehead atoms. The van der Waals surface area contributed by atoms with Crippen molar-refractivity contribution >= 4 is 81.2 Å². The van der Waals surface area contributed by atoms with Crippen molar-refractivity contribution in [3.05, 3.63) is 154 Å². The molecule has 1 N–H and O–H groups in total. The van der Waals surface area contributed by atoms with Crippen LogP contribution in [0.1, 0.15) is 0 Å². The molecule has 376 valence electrons. The molecule has 2 aromatic carbocycles. The zero-order valence-corrected chi connectivity index (χ0v) is 43.5. The van der Waals surface area contributed by atoms with E-state index >= 15 is 0 Å². The fourth-order valence-corrected chi connectivity index (χ4v) is 9.25. The zero-order valence-electron chi connectivity index (χ0n) is 39.7. The number of carbonyl (C=O) groups excluding carboxylic acids is 2. The number of H-pyrrole nitrogens is 1. The lowest BCUT2D eigenvalue weighted by Crippen LogP contribution is -2.49. The van der Waals surface area contributed by atoms with Crippen LogP contribution in [0.5, 0.6) is 11.5 Å². The van der Waals surface area contributed by atoms with Crippen molar-refractivity contribution in [2.24, 2.45) is 0 Å². The number of piperazine rings is 2. The van der Waals surface area contributed by atoms with E-state index in [9.17, 15) is 9.59 Å². The highest BCUT2D eigenvalue weighted by Crippen LogP contribution is 2.36. The van der Waals surface area contributed by atoms with E-state index in [1.165, 1.54) is 0 Å². The first kappa shape index (κ1) is 52.4. The molecule has 8 heterocycles. The van der Waals surface area contributed by atoms with Crippen LogP contribution in [-0.2, 0) is 16.1 Å². The molecule has 0 atom stereocenters. The number of alkyl halides is 1. The van der Waals surface area contributed by atoms with Crippen LogP contribution in [0.15, 0.2) is 134 Å². The van der Waals surface area contributed by atoms with Gasteiger partial charge in [0.2, 0.25) is 11.8 Å². The molecule has 0 saturated carbocycles. The first-order valence-electron chi connectivity index (χ1n) is 23.0. The third kappa shape index (κ3) is 12.8. The predicted molar refractivity (Wildman–Crippen MR) is 288 cm³/mol. The number of benzene rings is 2. The van der Waals surface area contributed by atoms with E-state index in [-0.39, 0.29) is 24.2 Å². The smallest absolute Gasteiger partial charge is 0.244 e. The van der Waals surface area contributed by atoms with Crippen LogP contribution in [0.2, 0.25) is 20.1 Å². The molecule has 2 fully saturated rings. The van der Waals surface area contributed by atoms with E-state index in [1.807, 2.05) is 114 Å². The van der Waals surface area contributed by atoms with Gasteiger partial charge < -0.3 is 29.1 Å². The van der Waals surface area contributed by atoms with E-state index in [4.69, 9.17) is 67.5 Å². The van der Waals surface area contributed by atoms with Crippen molar-refractivity contribution in [2.75, 3.05) is 82.3 Å². The van der Waals surface area contributed by atoms with Crippen LogP contribution >= 0.6 is 58.0 Å². The summed E-state index contributed by atoms with van der Waals surface area (Å²) in [5, 5.41) is 13.9. The summed E-state index contributed by atoms with van der Waals surface area (Å²) in [6.07, 6.45) is 6.80. The molecule has 0 radical (unpaired) electrons. The summed E-state index contributed by atoms with van der Waals surface area (Å²) in [6, 6.07) is 33.8. The van der Waals surface area contributed by atoms with Crippen LogP contribution in [0.3, 0.4) is 0 Å². The maximum atomic E-state index is 13.3. The van der Waals surface area contributed by atoms with E-state index in [0.29, 0.717) is 105 Å². The van der Waals surface area contributed by atoms with Crippen LogP contribution in [0.25, 0.3) is 45.6 Å². The van der Waals surface area contributed by atoms with Gasteiger partial charge in [-0.15, -0.1) is 11.6 Å². The summed E-state index contributed by atoms with van der Waals surface area (Å²) in [6.45, 7) is 5.57. The van der Waals surface area contributed by atoms with Gasteiger partial charge in [-0.2, -0.15) is 10.2 Å². The topological polar surface area (TPSA) is 164 Å². The number of halogens is 5. The second-order valence-corrected chi connectivity index (χ2v) is 18.1. The largest absolute Gasteiger partial charge is 0.495 e. The molecule has 16 nitrogen and oxygen atoms in total. The number of methoxy groups -OCH3 is 2. The Morgan fingerprint density at radius 3 is 1.45 bits per heavy atom. The van der Waals surface area contributed by atoms with Crippen molar-refractivity contribution in [2.45, 2.75) is 6.54 Å². The van der Waals surface area contributed by atoms with Crippen molar-refractivity contribution in [1.82, 2.24) is 49.7 Å². The Labute approximate surface area is 447 Å². The second-order valence-electron chi connectivity index (χ2n) is 16.3. The lowest BCUT2D eigenvalue weighted by molar-refractivity contribution is -0.132. The quantitative estimate of drug-likeness (QED) is 0.122. The van der Waals surface area contributed by atoms with E-state index in [0.717, 1.165) is 35.9 Å². The highest BCUT2D eigenvalue weighted by atomic mass is 35.5. The van der Waals surface area contributed by atoms with Crippen LogP contribution in [-0.4, -0.2) is 134 Å². The fraction of sp³-hybridized carbons (Fsp3) is 0.231. The van der Waals surface area contributed by atoms with Gasteiger partial charge in [0.05, 0.1) is 57.1 Å². The first-order chi connectivity index (χ1) is 35.6. The summed E-state index contributed by atoms with van der Waals surface area (Å²) >= 11 is 30.8. The molecule has 21 heteroatoms. The average molecular weight is 1080 g/mol. The third-order valence-corrected chi connectivity index (χ3v) is 13.5. The molecular weight excluding hydrogens is 1030 g/mol. The molecule has 2 amide bonds. The molecule has 0 unspecified atom stereocenters. The highest BCUT2D eigenvalue weighted by molar-refractivity contribution is 6.36. The van der Waals surface area contributed by atoms with Crippen molar-refractivity contribution in [1.29, 1.82) is 0 Å². The van der Waals surface area contributed by atoms with Crippen LogP contribution in [0.4, 0.5) is 11.4 Å². The zero-order chi connectivity index (χ0) is 51.3. The minimum atomic E-state index is -0.0349. The van der Waals surface area contributed by atoms with Gasteiger partial charge in [-0.25, -0.2) is 0 Å². The van der Waals surface area contributed by atoms with E-state index in [1.54, 1.807) is 48.6 Å². The molecule has 6 aromatic heterocycles. The summed E-state index contributed by atoms with van der Waals surface area (Å²) < 4.78 is 12.2. The first-order valence-corrected chi connectivity index (χ1v) is 25.1. The maximum absolute atomic E-state index is 13.3. The van der Waals surface area contributed by atoms with Gasteiger partial charge in [0, 0.05) is 101 Å². The Bertz CT molecular complexity index is 3030. The third-order valence-electron chi connectivity index (χ3n) is 11.9. The summed E-state index contributed by atoms with van der Waals surface area (Å²) in [7, 11) is 3.20. The van der Waals surface area contributed by atoms with Gasteiger partial charge in [-0.05, 0) is 72.8 Å². The molecule has 2 saturated heterocycles. The average Bonchev–Trinajstić information content (AvgIpc) is 4.00. The highest BCUT2D eigenvalue weighted by Gasteiger charge is 2.27. The molecular formula is C52H49Cl5N12O4. The standard InChI is InChI=1S/C26H24Cl2N6O2.C13H16Cl2N2O2.C13H9ClN4/c1-36-22-16-18(8-9-19(22)27)32-12-14-33(15-13-32)23(35)17-34-26(21-7-3-5-11-30-21)24(28)25(31-34)20-6-2-4-10-29-20;1-19-12-8-10(2-3-11(12)15)16-4-6-17(7-5-16)13(18)9-14;14-11-12(9-5-1-3-7-15-9)17-18-13(11)10-6-2-4-8-16-10/h2-11,16H,12-15,17H2,1H3;2-3,8H,4-7,9H2,1H3;1-8H,(H,17,18). The Kier molecular flexibility index (Phi) is 18.0. The number of hydrogen-bond acceptors (Lipinski definition) is 12. The maximum Gasteiger partial charge on any atom is 0.244 e. The Hall–Kier alpha value is -6.95. The number of nitrogens with one attached hydrogen (secondary N) is 1. The van der Waals surface area contributed by atoms with Crippen LogP contribution in [0, 0.1) is 0 Å². The predicted octanol–water partition coefficient (Wildman–Crippen LogP) is 10.1. The Morgan fingerprint density at radius 1 is 0.548 bits per heavy atom. The number of aromatic nitrogens is 8. The van der Waals surface area contributed by atoms with Gasteiger partial charge in [-0.1, -0.05) is 70.7 Å². The number of nitrogens with zero attached hydrogens (tertiary/aromatic N) is 11.